The molecule has 0 aliphatic carbocycles. The van der Waals surface area contributed by atoms with E-state index in [9.17, 15) is 14.4 Å². The molecule has 0 N–H and O–H groups in total. The van der Waals surface area contributed by atoms with Gasteiger partial charge in [-0.25, -0.2) is 0 Å². The Morgan fingerprint density at radius 1 is 0.253 bits per heavy atom. The van der Waals surface area contributed by atoms with Crippen LogP contribution in [-0.2, 0) is 28.6 Å². The summed E-state index contributed by atoms with van der Waals surface area (Å²) in [5.74, 6) is -0.874. The Morgan fingerprint density at radius 3 is 0.735 bits per heavy atom. The molecule has 0 radical (unpaired) electrons. The average Bonchev–Trinajstić information content (AvgIpc) is 3.49. The number of allylic oxidation sites excluding steroid dienone is 20. The minimum atomic E-state index is -0.781. The molecule has 0 bridgehead atoms. The first-order valence-electron chi connectivity index (χ1n) is 35.0. The third kappa shape index (κ3) is 68.5. The maximum absolute atomic E-state index is 12.9. The van der Waals surface area contributed by atoms with E-state index >= 15 is 0 Å². The number of rotatable bonds is 63. The number of unbranched alkanes of at least 4 members (excludes halogenated alkanes) is 32. The second-order valence-electron chi connectivity index (χ2n) is 23.0. The minimum Gasteiger partial charge on any atom is -0.462 e. The second-order valence-corrected chi connectivity index (χ2v) is 23.0. The molecule has 1 atom stereocenters. The minimum absolute atomic E-state index is 0.0774. The molecule has 0 fully saturated rings. The molecule has 6 nitrogen and oxygen atoms in total. The van der Waals surface area contributed by atoms with Gasteiger partial charge in [0.05, 0.1) is 0 Å². The molecule has 0 spiro atoms. The molecule has 0 aliphatic heterocycles. The number of carbonyl (C=O) groups is 3. The Balaban J connectivity index is 4.18. The predicted octanol–water partition coefficient (Wildman–Crippen LogP) is 24.3. The zero-order valence-corrected chi connectivity index (χ0v) is 54.4. The quantitative estimate of drug-likeness (QED) is 0.0261. The van der Waals surface area contributed by atoms with Crippen molar-refractivity contribution >= 4 is 17.9 Å². The molecule has 6 heteroatoms. The Kier molecular flexibility index (Phi) is 66.7. The predicted molar refractivity (Wildman–Crippen MR) is 362 cm³/mol. The summed E-state index contributed by atoms with van der Waals surface area (Å²) in [6.45, 7) is 6.42. The van der Waals surface area contributed by atoms with Crippen LogP contribution in [0.1, 0.15) is 329 Å². The lowest BCUT2D eigenvalue weighted by Crippen LogP contribution is -2.30. The highest BCUT2D eigenvalue weighted by atomic mass is 16.6. The molecular formula is C77H130O6. The summed E-state index contributed by atoms with van der Waals surface area (Å²) in [6, 6.07) is 0. The number of hydrogen-bond donors (Lipinski definition) is 0. The Hall–Kier alpha value is -4.19. The van der Waals surface area contributed by atoms with Gasteiger partial charge in [-0.05, 0) is 109 Å². The molecule has 0 amide bonds. The molecule has 83 heavy (non-hydrogen) atoms. The summed E-state index contributed by atoms with van der Waals surface area (Å²) in [7, 11) is 0. The van der Waals surface area contributed by atoms with Gasteiger partial charge in [0.2, 0.25) is 0 Å². The molecule has 0 saturated heterocycles. The van der Waals surface area contributed by atoms with Crippen molar-refractivity contribution in [2.45, 2.75) is 335 Å². The highest BCUT2D eigenvalue weighted by molar-refractivity contribution is 5.71. The molecule has 0 saturated carbocycles. The second kappa shape index (κ2) is 70.3. The van der Waals surface area contributed by atoms with Gasteiger partial charge in [-0.1, -0.05) is 322 Å². The summed E-state index contributed by atoms with van der Waals surface area (Å²) < 4.78 is 16.9. The van der Waals surface area contributed by atoms with Gasteiger partial charge in [0.1, 0.15) is 13.2 Å². The van der Waals surface area contributed by atoms with Gasteiger partial charge in [0.15, 0.2) is 6.10 Å². The van der Waals surface area contributed by atoms with Crippen molar-refractivity contribution < 1.29 is 28.6 Å². The average molecular weight is 1150 g/mol. The first-order chi connectivity index (χ1) is 41.0. The number of esters is 3. The van der Waals surface area contributed by atoms with Crippen molar-refractivity contribution in [1.29, 1.82) is 0 Å². The van der Waals surface area contributed by atoms with Gasteiger partial charge < -0.3 is 14.2 Å². The van der Waals surface area contributed by atoms with Crippen LogP contribution in [0.5, 0.6) is 0 Å². The first kappa shape index (κ1) is 78.8. The van der Waals surface area contributed by atoms with Crippen LogP contribution in [0.2, 0.25) is 0 Å². The van der Waals surface area contributed by atoms with Crippen LogP contribution < -0.4 is 0 Å². The number of carbonyl (C=O) groups excluding carboxylic acids is 3. The van der Waals surface area contributed by atoms with Gasteiger partial charge in [0.25, 0.3) is 0 Å². The SMILES string of the molecule is CC/C=C\C/C=C\C/C=C\C/C=C\C/C=C\C/C=C\CCCCCCCCCCCCC(=O)OCC(COC(=O)CCCCCCCCCCC)OC(=O)CCCCCCCCCCCCCCCC/C=C\C/C=C\C/C=C\C/C=C\CC. The fraction of sp³-hybridized carbons (Fsp3) is 0.701. The molecular weight excluding hydrogens is 1020 g/mol. The molecule has 1 unspecified atom stereocenters. The van der Waals surface area contributed by atoms with Crippen molar-refractivity contribution in [2.24, 2.45) is 0 Å². The topological polar surface area (TPSA) is 78.9 Å². The standard InChI is InChI=1S/C77H130O6/c1-4-7-10-13-16-19-21-23-25-27-29-31-33-35-37-38-40-41-43-45-47-49-51-53-55-58-61-64-67-70-76(79)82-73-74(72-81-75(78)69-66-63-60-57-18-15-12-9-6-3)83-77(80)71-68-65-62-59-56-54-52-50-48-46-44-42-39-36-34-32-30-28-26-24-22-20-17-14-11-8-5-2/h7-8,10-11,16-17,19-20,23-26,29-32,35,37,40-41,74H,4-6,9,12-15,18,21-22,27-28,33-34,36,38-39,42-73H2,1-3H3/b10-7-,11-8-,19-16-,20-17-,25-23-,26-24-,31-29-,32-30-,37-35-,41-40-. The van der Waals surface area contributed by atoms with E-state index in [1.54, 1.807) is 0 Å². The lowest BCUT2D eigenvalue weighted by atomic mass is 10.0. The monoisotopic (exact) mass is 1150 g/mol. The van der Waals surface area contributed by atoms with Crippen molar-refractivity contribution in [3.8, 4) is 0 Å². The summed E-state index contributed by atoms with van der Waals surface area (Å²) in [5.41, 5.74) is 0. The fourth-order valence-electron chi connectivity index (χ4n) is 9.79. The van der Waals surface area contributed by atoms with Crippen LogP contribution in [0.15, 0.2) is 122 Å². The van der Waals surface area contributed by atoms with Gasteiger partial charge in [0, 0.05) is 19.3 Å². The molecule has 474 valence electrons. The molecule has 0 rings (SSSR count). The molecule has 0 aromatic heterocycles. The smallest absolute Gasteiger partial charge is 0.306 e. The van der Waals surface area contributed by atoms with Gasteiger partial charge >= 0.3 is 17.9 Å². The van der Waals surface area contributed by atoms with Crippen LogP contribution >= 0.6 is 0 Å². The Morgan fingerprint density at radius 2 is 0.470 bits per heavy atom. The van der Waals surface area contributed by atoms with E-state index in [1.807, 2.05) is 0 Å². The Labute approximate surface area is 513 Å². The van der Waals surface area contributed by atoms with Crippen molar-refractivity contribution in [3.05, 3.63) is 122 Å². The van der Waals surface area contributed by atoms with E-state index in [-0.39, 0.29) is 31.1 Å². The molecule has 0 aromatic carbocycles. The Bertz CT molecular complexity index is 1700. The maximum Gasteiger partial charge on any atom is 0.306 e. The van der Waals surface area contributed by atoms with Crippen LogP contribution in [0.3, 0.4) is 0 Å². The third-order valence-corrected chi connectivity index (χ3v) is 15.0. The first-order valence-corrected chi connectivity index (χ1v) is 35.0. The van der Waals surface area contributed by atoms with E-state index in [2.05, 4.69) is 142 Å². The fourth-order valence-corrected chi connectivity index (χ4v) is 9.79. The highest BCUT2D eigenvalue weighted by Gasteiger charge is 2.19. The lowest BCUT2D eigenvalue weighted by molar-refractivity contribution is -0.167. The maximum atomic E-state index is 12.9. The zero-order valence-electron chi connectivity index (χ0n) is 54.4. The van der Waals surface area contributed by atoms with E-state index in [0.717, 1.165) is 122 Å². The van der Waals surface area contributed by atoms with Crippen molar-refractivity contribution in [3.63, 3.8) is 0 Å². The van der Waals surface area contributed by atoms with Crippen LogP contribution in [-0.4, -0.2) is 37.2 Å². The molecule has 0 aromatic rings. The number of hydrogen-bond acceptors (Lipinski definition) is 6. The molecule has 0 aliphatic rings. The third-order valence-electron chi connectivity index (χ3n) is 15.0. The van der Waals surface area contributed by atoms with Gasteiger partial charge in [-0.3, -0.25) is 14.4 Å². The summed E-state index contributed by atoms with van der Waals surface area (Å²) in [6.07, 6.45) is 98.0. The van der Waals surface area contributed by atoms with Crippen molar-refractivity contribution in [2.75, 3.05) is 13.2 Å². The van der Waals surface area contributed by atoms with E-state index in [1.165, 1.54) is 167 Å². The summed E-state index contributed by atoms with van der Waals surface area (Å²) in [4.78, 5) is 38.3. The number of ether oxygens (including phenoxy) is 3. The lowest BCUT2D eigenvalue weighted by Gasteiger charge is -2.18. The van der Waals surface area contributed by atoms with Crippen molar-refractivity contribution in [1.82, 2.24) is 0 Å². The van der Waals surface area contributed by atoms with Crippen LogP contribution in [0, 0.1) is 0 Å². The van der Waals surface area contributed by atoms with E-state index < -0.39 is 6.10 Å². The zero-order chi connectivity index (χ0) is 59.9. The molecule has 0 heterocycles. The normalized spacial score (nSPS) is 12.9. The summed E-state index contributed by atoms with van der Waals surface area (Å²) in [5, 5.41) is 0. The highest BCUT2D eigenvalue weighted by Crippen LogP contribution is 2.17. The van der Waals surface area contributed by atoms with E-state index in [4.69, 9.17) is 14.2 Å². The van der Waals surface area contributed by atoms with Crippen LogP contribution in [0.25, 0.3) is 0 Å². The van der Waals surface area contributed by atoms with Gasteiger partial charge in [-0.2, -0.15) is 0 Å². The van der Waals surface area contributed by atoms with Crippen LogP contribution in [0.4, 0.5) is 0 Å². The van der Waals surface area contributed by atoms with Gasteiger partial charge in [-0.15, -0.1) is 0 Å². The van der Waals surface area contributed by atoms with E-state index in [0.29, 0.717) is 19.3 Å². The largest absolute Gasteiger partial charge is 0.462 e. The summed E-state index contributed by atoms with van der Waals surface area (Å²) >= 11 is 0.